The van der Waals surface area contributed by atoms with E-state index in [1.54, 1.807) is 24.8 Å². The van der Waals surface area contributed by atoms with Gasteiger partial charge < -0.3 is 9.80 Å². The molecule has 0 unspecified atom stereocenters. The maximum Gasteiger partial charge on any atom is 0.285 e. The predicted octanol–water partition coefficient (Wildman–Crippen LogP) is 0.540. The Morgan fingerprint density at radius 2 is 1.85 bits per heavy atom. The van der Waals surface area contributed by atoms with Crippen molar-refractivity contribution >= 4 is 23.1 Å². The van der Waals surface area contributed by atoms with Crippen LogP contribution in [0.15, 0.2) is 29.6 Å². The largest absolute Gasteiger partial charge is 0.365 e. The van der Waals surface area contributed by atoms with Gasteiger partial charge in [-0.25, -0.2) is 10.1 Å². The van der Waals surface area contributed by atoms with Crippen LogP contribution < -0.4 is 15.4 Å². The second-order valence-corrected chi connectivity index (χ2v) is 4.81. The zero-order valence-corrected chi connectivity index (χ0v) is 11.4. The maximum atomic E-state index is 11.5. The van der Waals surface area contributed by atoms with Crippen LogP contribution in [0.5, 0.6) is 0 Å². The van der Waals surface area contributed by atoms with Crippen LogP contribution in [0.1, 0.15) is 0 Å². The molecule has 0 spiro atoms. The molecule has 1 fully saturated rings. The summed E-state index contributed by atoms with van der Waals surface area (Å²) in [6.07, 6.45) is 6.67. The number of aromatic amines is 1. The van der Waals surface area contributed by atoms with Crippen LogP contribution in [0.2, 0.25) is 5.02 Å². The Labute approximate surface area is 120 Å². The van der Waals surface area contributed by atoms with Crippen LogP contribution in [-0.4, -0.2) is 46.3 Å². The Balaban J connectivity index is 1.73. The quantitative estimate of drug-likeness (QED) is 0.870. The first kappa shape index (κ1) is 12.9. The summed E-state index contributed by atoms with van der Waals surface area (Å²) in [5.41, 5.74) is 0.315. The van der Waals surface area contributed by atoms with Crippen LogP contribution in [0.3, 0.4) is 0 Å². The van der Waals surface area contributed by atoms with E-state index in [4.69, 9.17) is 11.6 Å². The molecule has 8 heteroatoms. The smallest absolute Gasteiger partial charge is 0.285 e. The molecule has 0 amide bonds. The molecular formula is C12H13ClN6O. The van der Waals surface area contributed by atoms with E-state index in [9.17, 15) is 4.79 Å². The third kappa shape index (κ3) is 2.44. The summed E-state index contributed by atoms with van der Waals surface area (Å²) in [5, 5.41) is 6.31. The van der Waals surface area contributed by atoms with E-state index in [1.165, 1.54) is 0 Å². The molecule has 0 aromatic carbocycles. The predicted molar refractivity (Wildman–Crippen MR) is 76.3 cm³/mol. The zero-order valence-electron chi connectivity index (χ0n) is 10.7. The molecule has 1 aliphatic heterocycles. The van der Waals surface area contributed by atoms with Gasteiger partial charge in [-0.15, -0.1) is 0 Å². The Kier molecular flexibility index (Phi) is 3.51. The minimum Gasteiger partial charge on any atom is -0.365 e. The van der Waals surface area contributed by atoms with Crippen molar-refractivity contribution in [3.63, 3.8) is 0 Å². The third-order valence-corrected chi connectivity index (χ3v) is 3.64. The second-order valence-electron chi connectivity index (χ2n) is 4.44. The van der Waals surface area contributed by atoms with Crippen LogP contribution in [0.4, 0.5) is 11.5 Å². The summed E-state index contributed by atoms with van der Waals surface area (Å²) in [4.78, 5) is 24.0. The molecule has 104 valence electrons. The highest BCUT2D eigenvalue weighted by Crippen LogP contribution is 2.22. The Bertz CT molecular complexity index is 638. The molecule has 7 nitrogen and oxygen atoms in total. The molecule has 1 N–H and O–H groups in total. The van der Waals surface area contributed by atoms with Crippen LogP contribution in [-0.2, 0) is 0 Å². The van der Waals surface area contributed by atoms with E-state index >= 15 is 0 Å². The lowest BCUT2D eigenvalue weighted by molar-refractivity contribution is 0.644. The standard InChI is InChI=1S/C12H13ClN6O/c13-11-9(7-16-17-12(11)20)18-3-5-19(6-4-18)10-8-14-1-2-15-10/h1-2,7-8H,3-6H2,(H,17,20). The van der Waals surface area contributed by atoms with Crippen molar-refractivity contribution in [2.45, 2.75) is 0 Å². The van der Waals surface area contributed by atoms with E-state index in [0.29, 0.717) is 5.69 Å². The Morgan fingerprint density at radius 3 is 2.55 bits per heavy atom. The average Bonchev–Trinajstić information content (AvgIpc) is 2.51. The molecule has 0 atom stereocenters. The highest BCUT2D eigenvalue weighted by atomic mass is 35.5. The van der Waals surface area contributed by atoms with Gasteiger partial charge in [-0.3, -0.25) is 9.78 Å². The van der Waals surface area contributed by atoms with Crippen LogP contribution in [0.25, 0.3) is 0 Å². The normalized spacial score (nSPS) is 15.4. The molecule has 3 heterocycles. The van der Waals surface area contributed by atoms with Gasteiger partial charge in [-0.2, -0.15) is 5.10 Å². The fourth-order valence-electron chi connectivity index (χ4n) is 2.23. The van der Waals surface area contributed by atoms with E-state index in [1.807, 2.05) is 0 Å². The van der Waals surface area contributed by atoms with Gasteiger partial charge in [0.25, 0.3) is 5.56 Å². The van der Waals surface area contributed by atoms with Gasteiger partial charge in [0.05, 0.1) is 18.1 Å². The van der Waals surface area contributed by atoms with Gasteiger partial charge in [0.2, 0.25) is 0 Å². The van der Waals surface area contributed by atoms with E-state index in [-0.39, 0.29) is 10.6 Å². The van der Waals surface area contributed by atoms with Crippen LogP contribution >= 0.6 is 11.6 Å². The van der Waals surface area contributed by atoms with Gasteiger partial charge in [-0.1, -0.05) is 11.6 Å². The number of hydrogen-bond acceptors (Lipinski definition) is 6. The number of hydrogen-bond donors (Lipinski definition) is 1. The monoisotopic (exact) mass is 292 g/mol. The Morgan fingerprint density at radius 1 is 1.10 bits per heavy atom. The minimum atomic E-state index is -0.361. The Hall–Kier alpha value is -2.15. The summed E-state index contributed by atoms with van der Waals surface area (Å²) in [6, 6.07) is 0. The van der Waals surface area contributed by atoms with Crippen molar-refractivity contribution in [1.29, 1.82) is 0 Å². The first-order valence-electron chi connectivity index (χ1n) is 6.25. The van der Waals surface area contributed by atoms with Crippen LogP contribution in [0, 0.1) is 0 Å². The second kappa shape index (κ2) is 5.46. The third-order valence-electron chi connectivity index (χ3n) is 3.27. The van der Waals surface area contributed by atoms with Gasteiger partial charge in [0.15, 0.2) is 0 Å². The van der Waals surface area contributed by atoms with Crippen molar-refractivity contribution < 1.29 is 0 Å². The summed E-state index contributed by atoms with van der Waals surface area (Å²) >= 11 is 6.02. The van der Waals surface area contributed by atoms with Crippen molar-refractivity contribution in [2.24, 2.45) is 0 Å². The van der Waals surface area contributed by atoms with Gasteiger partial charge in [0.1, 0.15) is 10.8 Å². The van der Waals surface area contributed by atoms with Gasteiger partial charge in [0, 0.05) is 38.6 Å². The first-order chi connectivity index (χ1) is 9.75. The van der Waals surface area contributed by atoms with E-state index in [0.717, 1.165) is 32.0 Å². The molecule has 2 aromatic rings. The summed E-state index contributed by atoms with van der Waals surface area (Å²) < 4.78 is 0. The lowest BCUT2D eigenvalue weighted by Crippen LogP contribution is -2.47. The molecule has 20 heavy (non-hydrogen) atoms. The molecule has 1 aliphatic rings. The molecule has 0 saturated carbocycles. The molecule has 0 bridgehead atoms. The topological polar surface area (TPSA) is 78.0 Å². The maximum absolute atomic E-state index is 11.5. The van der Waals surface area contributed by atoms with E-state index in [2.05, 4.69) is 30.0 Å². The van der Waals surface area contributed by atoms with Crippen molar-refractivity contribution in [1.82, 2.24) is 20.2 Å². The van der Waals surface area contributed by atoms with Crippen molar-refractivity contribution in [2.75, 3.05) is 36.0 Å². The number of anilines is 2. The SMILES string of the molecule is O=c1[nH]ncc(N2CCN(c3cnccn3)CC2)c1Cl. The number of nitrogens with zero attached hydrogens (tertiary/aromatic N) is 5. The molecule has 0 aliphatic carbocycles. The fourth-order valence-corrected chi connectivity index (χ4v) is 2.44. The molecule has 2 aromatic heterocycles. The first-order valence-corrected chi connectivity index (χ1v) is 6.62. The number of piperazine rings is 1. The number of rotatable bonds is 2. The summed E-state index contributed by atoms with van der Waals surface area (Å²) in [7, 11) is 0. The van der Waals surface area contributed by atoms with Gasteiger partial charge in [-0.05, 0) is 0 Å². The number of H-pyrrole nitrogens is 1. The lowest BCUT2D eigenvalue weighted by atomic mass is 10.3. The lowest BCUT2D eigenvalue weighted by Gasteiger charge is -2.36. The number of halogens is 1. The minimum absolute atomic E-state index is 0.188. The highest BCUT2D eigenvalue weighted by Gasteiger charge is 2.21. The zero-order chi connectivity index (χ0) is 13.9. The van der Waals surface area contributed by atoms with Crippen molar-refractivity contribution in [3.8, 4) is 0 Å². The van der Waals surface area contributed by atoms with Crippen molar-refractivity contribution in [3.05, 3.63) is 40.2 Å². The molecule has 0 radical (unpaired) electrons. The van der Waals surface area contributed by atoms with Gasteiger partial charge >= 0.3 is 0 Å². The molecule has 3 rings (SSSR count). The number of nitrogens with one attached hydrogen (secondary N) is 1. The number of aromatic nitrogens is 4. The molecular weight excluding hydrogens is 280 g/mol. The van der Waals surface area contributed by atoms with E-state index < -0.39 is 0 Å². The summed E-state index contributed by atoms with van der Waals surface area (Å²) in [5.74, 6) is 0.863. The fraction of sp³-hybridized carbons (Fsp3) is 0.333. The molecule has 1 saturated heterocycles. The average molecular weight is 293 g/mol. The summed E-state index contributed by atoms with van der Waals surface area (Å²) in [6.45, 7) is 3.09. The highest BCUT2D eigenvalue weighted by molar-refractivity contribution is 6.33.